The topological polar surface area (TPSA) is 44.8 Å². The lowest BCUT2D eigenvalue weighted by atomic mass is 9.83. The van der Waals surface area contributed by atoms with Crippen LogP contribution in [0.25, 0.3) is 0 Å². The second-order valence-electron chi connectivity index (χ2n) is 7.73. The molecule has 0 aromatic heterocycles. The molecule has 0 unspecified atom stereocenters. The number of carbonyl (C=O) groups is 1. The molecule has 2 atom stereocenters. The van der Waals surface area contributed by atoms with Crippen LogP contribution in [0.2, 0.25) is 0 Å². The van der Waals surface area contributed by atoms with E-state index in [1.165, 1.54) is 17.3 Å². The van der Waals surface area contributed by atoms with Gasteiger partial charge in [-0.15, -0.1) is 0 Å². The minimum atomic E-state index is -0.210. The maximum atomic E-state index is 14.4. The van der Waals surface area contributed by atoms with Gasteiger partial charge in [0.15, 0.2) is 0 Å². The van der Waals surface area contributed by atoms with E-state index >= 15 is 0 Å². The predicted octanol–water partition coefficient (Wildman–Crippen LogP) is 2.85. The number of anilines is 2. The number of amides is 1. The molecule has 0 spiro atoms. The third-order valence-electron chi connectivity index (χ3n) is 5.98. The van der Waals surface area contributed by atoms with Gasteiger partial charge in [-0.05, 0) is 36.6 Å². The fraction of sp³-hybridized carbons (Fsp3) is 0.435. The van der Waals surface area contributed by atoms with Gasteiger partial charge in [0.2, 0.25) is 5.91 Å². The summed E-state index contributed by atoms with van der Waals surface area (Å²) in [6.45, 7) is 3.36. The summed E-state index contributed by atoms with van der Waals surface area (Å²) in [4.78, 5) is 17.5. The normalized spacial score (nSPS) is 20.8. The van der Waals surface area contributed by atoms with E-state index in [1.54, 1.807) is 13.2 Å². The Balaban J connectivity index is 1.57. The Hall–Kier alpha value is -2.60. The van der Waals surface area contributed by atoms with Crippen molar-refractivity contribution in [3.05, 3.63) is 59.9 Å². The van der Waals surface area contributed by atoms with Crippen LogP contribution in [0.15, 0.2) is 48.5 Å². The molecule has 2 aromatic rings. The summed E-state index contributed by atoms with van der Waals surface area (Å²) >= 11 is 0. The van der Waals surface area contributed by atoms with Crippen LogP contribution in [0.5, 0.6) is 0 Å². The van der Waals surface area contributed by atoms with E-state index in [4.69, 9.17) is 4.74 Å². The van der Waals surface area contributed by atoms with Gasteiger partial charge in [0.05, 0.1) is 17.6 Å². The molecular weight excluding hydrogens is 369 g/mol. The van der Waals surface area contributed by atoms with Crippen LogP contribution in [-0.2, 0) is 16.0 Å². The number of halogens is 1. The summed E-state index contributed by atoms with van der Waals surface area (Å²) in [5.41, 5.74) is 3.03. The maximum absolute atomic E-state index is 14.4. The molecule has 4 rings (SSSR count). The molecular formula is C23H28FN3O2. The molecule has 5 nitrogen and oxygen atoms in total. The Morgan fingerprint density at radius 1 is 1.14 bits per heavy atom. The molecule has 1 fully saturated rings. The van der Waals surface area contributed by atoms with Crippen molar-refractivity contribution in [2.75, 3.05) is 49.7 Å². The number of para-hydroxylation sites is 2. The number of hydrogen-bond acceptors (Lipinski definition) is 4. The average Bonchev–Trinajstić information content (AvgIpc) is 2.76. The molecule has 1 N–H and O–H groups in total. The Kier molecular flexibility index (Phi) is 6.00. The standard InChI is InChI=1S/C23H28FN3O2/c1-29-14-6-11-25-23(28)18-15-17-7-2-4-9-20(17)27-13-12-26(16-22(18)27)21-10-5-3-8-19(21)24/h2-5,7-10,18,22H,6,11-16H2,1H3,(H,25,28)/t18-,22-/m0/s1. The molecule has 0 aliphatic carbocycles. The number of ether oxygens (including phenoxy) is 1. The summed E-state index contributed by atoms with van der Waals surface area (Å²) in [6, 6.07) is 15.2. The average molecular weight is 397 g/mol. The predicted molar refractivity (Wildman–Crippen MR) is 113 cm³/mol. The smallest absolute Gasteiger partial charge is 0.225 e. The molecule has 2 aliphatic heterocycles. The minimum absolute atomic E-state index is 0.0145. The molecule has 0 radical (unpaired) electrons. The van der Waals surface area contributed by atoms with Gasteiger partial charge in [0.25, 0.3) is 0 Å². The van der Waals surface area contributed by atoms with Crippen LogP contribution < -0.4 is 15.1 Å². The number of piperazine rings is 1. The van der Waals surface area contributed by atoms with Crippen molar-refractivity contribution in [2.24, 2.45) is 5.92 Å². The first kappa shape index (κ1) is 19.7. The molecule has 2 heterocycles. The number of nitrogens with one attached hydrogen (secondary N) is 1. The van der Waals surface area contributed by atoms with E-state index in [2.05, 4.69) is 27.2 Å². The Morgan fingerprint density at radius 2 is 1.90 bits per heavy atom. The lowest BCUT2D eigenvalue weighted by Gasteiger charge is -2.49. The van der Waals surface area contributed by atoms with Crippen molar-refractivity contribution in [2.45, 2.75) is 18.9 Å². The van der Waals surface area contributed by atoms with Crippen molar-refractivity contribution in [1.82, 2.24) is 5.32 Å². The van der Waals surface area contributed by atoms with Crippen LogP contribution in [0.3, 0.4) is 0 Å². The highest BCUT2D eigenvalue weighted by molar-refractivity contribution is 5.82. The van der Waals surface area contributed by atoms with E-state index in [1.807, 2.05) is 24.3 Å². The number of methoxy groups -OCH3 is 1. The van der Waals surface area contributed by atoms with Crippen LogP contribution in [0.4, 0.5) is 15.8 Å². The zero-order valence-corrected chi connectivity index (χ0v) is 16.8. The Labute approximate surface area is 171 Å². The fourth-order valence-electron chi connectivity index (χ4n) is 4.54. The molecule has 29 heavy (non-hydrogen) atoms. The Morgan fingerprint density at radius 3 is 2.69 bits per heavy atom. The van der Waals surface area contributed by atoms with Crippen molar-refractivity contribution in [1.29, 1.82) is 0 Å². The van der Waals surface area contributed by atoms with Crippen molar-refractivity contribution in [3.63, 3.8) is 0 Å². The molecule has 0 saturated carbocycles. The first-order valence-electron chi connectivity index (χ1n) is 10.3. The third kappa shape index (κ3) is 4.08. The van der Waals surface area contributed by atoms with Crippen LogP contribution >= 0.6 is 0 Å². The summed E-state index contributed by atoms with van der Waals surface area (Å²) in [5, 5.41) is 3.08. The second kappa shape index (κ2) is 8.82. The van der Waals surface area contributed by atoms with E-state index < -0.39 is 0 Å². The van der Waals surface area contributed by atoms with Gasteiger partial charge in [-0.25, -0.2) is 4.39 Å². The molecule has 2 aromatic carbocycles. The lowest BCUT2D eigenvalue weighted by Crippen LogP contribution is -2.61. The largest absolute Gasteiger partial charge is 0.385 e. The van der Waals surface area contributed by atoms with Gasteiger partial charge >= 0.3 is 0 Å². The van der Waals surface area contributed by atoms with E-state index in [9.17, 15) is 9.18 Å². The Bertz CT molecular complexity index is 860. The highest BCUT2D eigenvalue weighted by atomic mass is 19.1. The van der Waals surface area contributed by atoms with Gasteiger partial charge < -0.3 is 19.9 Å². The van der Waals surface area contributed by atoms with E-state index in [0.29, 0.717) is 31.8 Å². The maximum Gasteiger partial charge on any atom is 0.225 e. The first-order valence-corrected chi connectivity index (χ1v) is 10.3. The first-order chi connectivity index (χ1) is 14.2. The highest BCUT2D eigenvalue weighted by Gasteiger charge is 2.41. The third-order valence-corrected chi connectivity index (χ3v) is 5.98. The molecule has 0 bridgehead atoms. The minimum Gasteiger partial charge on any atom is -0.385 e. The monoisotopic (exact) mass is 397 g/mol. The summed E-state index contributed by atoms with van der Waals surface area (Å²) < 4.78 is 19.5. The molecule has 2 aliphatic rings. The molecule has 1 amide bonds. The fourth-order valence-corrected chi connectivity index (χ4v) is 4.54. The van der Waals surface area contributed by atoms with Crippen LogP contribution in [0.1, 0.15) is 12.0 Å². The second-order valence-corrected chi connectivity index (χ2v) is 7.73. The summed E-state index contributed by atoms with van der Waals surface area (Å²) in [5.74, 6) is -0.305. The zero-order valence-electron chi connectivity index (χ0n) is 16.8. The molecule has 1 saturated heterocycles. The highest BCUT2D eigenvalue weighted by Crippen LogP contribution is 2.37. The van der Waals surface area contributed by atoms with Gasteiger partial charge in [-0.1, -0.05) is 30.3 Å². The van der Waals surface area contributed by atoms with E-state index in [-0.39, 0.29) is 23.7 Å². The van der Waals surface area contributed by atoms with E-state index in [0.717, 1.165) is 19.5 Å². The van der Waals surface area contributed by atoms with Crippen LogP contribution in [-0.4, -0.2) is 51.8 Å². The SMILES string of the molecule is COCCCNC(=O)[C@H]1Cc2ccccc2N2CCN(c3ccccc3F)C[C@@H]12. The van der Waals surface area contributed by atoms with Crippen molar-refractivity contribution in [3.8, 4) is 0 Å². The number of hydrogen-bond donors (Lipinski definition) is 1. The van der Waals surface area contributed by atoms with Gasteiger partial charge in [0, 0.05) is 45.6 Å². The lowest BCUT2D eigenvalue weighted by molar-refractivity contribution is -0.125. The van der Waals surface area contributed by atoms with Gasteiger partial charge in [-0.2, -0.15) is 0 Å². The van der Waals surface area contributed by atoms with Gasteiger partial charge in [0.1, 0.15) is 5.82 Å². The number of fused-ring (bicyclic) bond motifs is 3. The van der Waals surface area contributed by atoms with Gasteiger partial charge in [-0.3, -0.25) is 4.79 Å². The number of rotatable bonds is 6. The van der Waals surface area contributed by atoms with Crippen LogP contribution in [0, 0.1) is 11.7 Å². The molecule has 154 valence electrons. The van der Waals surface area contributed by atoms with Crippen molar-refractivity contribution < 1.29 is 13.9 Å². The molecule has 6 heteroatoms. The number of nitrogens with zero attached hydrogens (tertiary/aromatic N) is 2. The van der Waals surface area contributed by atoms with Crippen molar-refractivity contribution >= 4 is 17.3 Å². The summed E-state index contributed by atoms with van der Waals surface area (Å²) in [7, 11) is 1.66. The quantitative estimate of drug-likeness (QED) is 0.762. The number of benzene rings is 2. The summed E-state index contributed by atoms with van der Waals surface area (Å²) in [6.07, 6.45) is 1.50. The number of carbonyl (C=O) groups excluding carboxylic acids is 1. The zero-order chi connectivity index (χ0) is 20.2.